The average Bonchev–Trinajstić information content (AvgIpc) is 3.26. The van der Waals surface area contributed by atoms with Gasteiger partial charge < -0.3 is 25.2 Å². The van der Waals surface area contributed by atoms with E-state index < -0.39 is 17.9 Å². The minimum absolute atomic E-state index is 0.0282. The number of benzene rings is 2. The summed E-state index contributed by atoms with van der Waals surface area (Å²) >= 11 is 0. The van der Waals surface area contributed by atoms with Crippen LogP contribution in [0, 0.1) is 19.8 Å². The zero-order valence-corrected chi connectivity index (χ0v) is 19.8. The van der Waals surface area contributed by atoms with E-state index in [4.69, 9.17) is 9.26 Å². The molecule has 1 heterocycles. The molecule has 178 valence electrons. The first-order valence-electron chi connectivity index (χ1n) is 10.8. The van der Waals surface area contributed by atoms with Gasteiger partial charge in [-0.1, -0.05) is 37.2 Å². The monoisotopic (exact) mass is 464 g/mol. The predicted molar refractivity (Wildman–Crippen MR) is 129 cm³/mol. The fraction of sp³-hybridized carbons (Fsp3) is 0.280. The van der Waals surface area contributed by atoms with Crippen LogP contribution in [-0.4, -0.2) is 36.2 Å². The zero-order chi connectivity index (χ0) is 24.8. The maximum atomic E-state index is 12.5. The Labute approximate surface area is 197 Å². The van der Waals surface area contributed by atoms with Gasteiger partial charge in [0, 0.05) is 23.0 Å². The van der Waals surface area contributed by atoms with Crippen molar-refractivity contribution in [3.8, 4) is 11.3 Å². The second-order valence-corrected chi connectivity index (χ2v) is 8.33. The van der Waals surface area contributed by atoms with Crippen molar-refractivity contribution in [1.29, 1.82) is 0 Å². The predicted octanol–water partition coefficient (Wildman–Crippen LogP) is 4.53. The molecule has 34 heavy (non-hydrogen) atoms. The molecule has 3 N–H and O–H groups in total. The van der Waals surface area contributed by atoms with Crippen molar-refractivity contribution in [3.05, 3.63) is 65.4 Å². The van der Waals surface area contributed by atoms with Crippen molar-refractivity contribution in [1.82, 2.24) is 10.5 Å². The molecule has 0 aliphatic heterocycles. The number of nitrogens with zero attached hydrogens (tertiary/aromatic N) is 1. The van der Waals surface area contributed by atoms with Gasteiger partial charge in [0.25, 0.3) is 5.91 Å². The van der Waals surface area contributed by atoms with Gasteiger partial charge in [0.05, 0.1) is 7.11 Å². The summed E-state index contributed by atoms with van der Waals surface area (Å²) in [5, 5.41) is 12.1. The Bertz CT molecular complexity index is 1160. The van der Waals surface area contributed by atoms with Crippen LogP contribution < -0.4 is 16.0 Å². The highest BCUT2D eigenvalue weighted by Gasteiger charge is 2.27. The van der Waals surface area contributed by atoms with Crippen molar-refractivity contribution < 1.29 is 23.6 Å². The number of aromatic nitrogens is 1. The van der Waals surface area contributed by atoms with Crippen LogP contribution in [0.15, 0.2) is 53.1 Å². The Kier molecular flexibility index (Phi) is 7.68. The minimum Gasteiger partial charge on any atom is -0.467 e. The van der Waals surface area contributed by atoms with Crippen LogP contribution in [-0.2, 0) is 9.53 Å². The van der Waals surface area contributed by atoms with Crippen LogP contribution in [0.2, 0.25) is 0 Å². The molecule has 1 aromatic heterocycles. The molecule has 0 fully saturated rings. The Morgan fingerprint density at radius 2 is 1.53 bits per heavy atom. The Balaban J connectivity index is 1.63. The number of urea groups is 1. The van der Waals surface area contributed by atoms with Crippen molar-refractivity contribution in [3.63, 3.8) is 0 Å². The molecule has 1 atom stereocenters. The van der Waals surface area contributed by atoms with Crippen LogP contribution in [0.3, 0.4) is 0 Å². The van der Waals surface area contributed by atoms with E-state index in [0.717, 1.165) is 11.1 Å². The van der Waals surface area contributed by atoms with Crippen molar-refractivity contribution >= 4 is 29.3 Å². The Morgan fingerprint density at radius 1 is 0.912 bits per heavy atom. The summed E-state index contributed by atoms with van der Waals surface area (Å²) in [5.74, 6) is -1.29. The van der Waals surface area contributed by atoms with Crippen LogP contribution in [0.5, 0.6) is 0 Å². The SMILES string of the molecule is COC(=O)[C@@H](NC(=O)c1cc(-c2ccc(NC(=O)Nc3cc(C)cc(C)c3)cc2)no1)C(C)C. The quantitative estimate of drug-likeness (QED) is 0.442. The first kappa shape index (κ1) is 24.5. The molecule has 0 bridgehead atoms. The number of ether oxygens (including phenoxy) is 1. The molecule has 3 rings (SSSR count). The van der Waals surface area contributed by atoms with Gasteiger partial charge in [-0.25, -0.2) is 9.59 Å². The van der Waals surface area contributed by atoms with Gasteiger partial charge >= 0.3 is 12.0 Å². The van der Waals surface area contributed by atoms with E-state index >= 15 is 0 Å². The molecule has 0 aliphatic carbocycles. The largest absolute Gasteiger partial charge is 0.467 e. The lowest BCUT2D eigenvalue weighted by atomic mass is 10.0. The summed E-state index contributed by atoms with van der Waals surface area (Å²) < 4.78 is 9.89. The summed E-state index contributed by atoms with van der Waals surface area (Å²) in [7, 11) is 1.27. The highest BCUT2D eigenvalue weighted by Crippen LogP contribution is 2.22. The number of methoxy groups -OCH3 is 1. The summed E-state index contributed by atoms with van der Waals surface area (Å²) in [6.45, 7) is 7.53. The smallest absolute Gasteiger partial charge is 0.328 e. The third-order valence-corrected chi connectivity index (χ3v) is 5.06. The van der Waals surface area contributed by atoms with Crippen molar-refractivity contribution in [2.45, 2.75) is 33.7 Å². The number of anilines is 2. The average molecular weight is 465 g/mol. The fourth-order valence-corrected chi connectivity index (χ4v) is 3.42. The maximum absolute atomic E-state index is 12.5. The Morgan fingerprint density at radius 3 is 2.12 bits per heavy atom. The molecule has 3 aromatic rings. The highest BCUT2D eigenvalue weighted by molar-refractivity contribution is 6.00. The number of aryl methyl sites for hydroxylation is 2. The maximum Gasteiger partial charge on any atom is 0.328 e. The molecular weight excluding hydrogens is 436 g/mol. The fourth-order valence-electron chi connectivity index (χ4n) is 3.42. The molecule has 9 nitrogen and oxygen atoms in total. The van der Waals surface area contributed by atoms with E-state index in [9.17, 15) is 14.4 Å². The lowest BCUT2D eigenvalue weighted by molar-refractivity contribution is -0.144. The van der Waals surface area contributed by atoms with Gasteiger partial charge in [-0.3, -0.25) is 4.79 Å². The van der Waals surface area contributed by atoms with E-state index in [1.54, 1.807) is 38.1 Å². The van der Waals surface area contributed by atoms with E-state index in [1.165, 1.54) is 13.2 Å². The van der Waals surface area contributed by atoms with Gasteiger partial charge in [-0.05, 0) is 55.2 Å². The standard InChI is InChI=1S/C25H28N4O5/c1-14(2)22(24(31)33-5)28-23(30)21-13-20(29-34-21)17-6-8-18(9-7-17)26-25(32)27-19-11-15(3)10-16(4)12-19/h6-14,22H,1-5H3,(H,28,30)(H2,26,27,32)/t22-/m0/s1. The summed E-state index contributed by atoms with van der Waals surface area (Å²) in [4.78, 5) is 36.7. The molecule has 2 aromatic carbocycles. The van der Waals surface area contributed by atoms with Gasteiger partial charge in [0.2, 0.25) is 5.76 Å². The number of hydrogen-bond donors (Lipinski definition) is 3. The van der Waals surface area contributed by atoms with Crippen molar-refractivity contribution in [2.75, 3.05) is 17.7 Å². The highest BCUT2D eigenvalue weighted by atomic mass is 16.5. The number of amides is 3. The molecule has 0 unspecified atom stereocenters. The lowest BCUT2D eigenvalue weighted by Gasteiger charge is -2.18. The molecular formula is C25H28N4O5. The van der Waals surface area contributed by atoms with Crippen LogP contribution in [0.1, 0.15) is 35.5 Å². The summed E-state index contributed by atoms with van der Waals surface area (Å²) in [5.41, 5.74) is 4.56. The molecule has 0 saturated heterocycles. The zero-order valence-electron chi connectivity index (χ0n) is 19.8. The molecule has 0 spiro atoms. The topological polar surface area (TPSA) is 123 Å². The first-order valence-corrected chi connectivity index (χ1v) is 10.8. The van der Waals surface area contributed by atoms with Gasteiger partial charge in [-0.2, -0.15) is 0 Å². The minimum atomic E-state index is -0.800. The number of carbonyl (C=O) groups is 3. The molecule has 3 amide bonds. The second kappa shape index (κ2) is 10.7. The van der Waals surface area contributed by atoms with Crippen LogP contribution >= 0.6 is 0 Å². The number of rotatable bonds is 7. The number of esters is 1. The first-order chi connectivity index (χ1) is 16.2. The van der Waals surface area contributed by atoms with Gasteiger partial charge in [0.15, 0.2) is 0 Å². The molecule has 9 heteroatoms. The number of carbonyl (C=O) groups excluding carboxylic acids is 3. The molecule has 0 saturated carbocycles. The van der Waals surface area contributed by atoms with E-state index in [0.29, 0.717) is 22.6 Å². The van der Waals surface area contributed by atoms with Gasteiger partial charge in [-0.15, -0.1) is 0 Å². The summed E-state index contributed by atoms with van der Waals surface area (Å²) in [6, 6.07) is 13.1. The third kappa shape index (κ3) is 6.22. The normalized spacial score (nSPS) is 11.6. The van der Waals surface area contributed by atoms with E-state index in [2.05, 4.69) is 21.1 Å². The third-order valence-electron chi connectivity index (χ3n) is 5.06. The molecule has 0 radical (unpaired) electrons. The lowest BCUT2D eigenvalue weighted by Crippen LogP contribution is -2.44. The number of nitrogens with one attached hydrogen (secondary N) is 3. The second-order valence-electron chi connectivity index (χ2n) is 8.33. The van der Waals surface area contributed by atoms with Crippen LogP contribution in [0.4, 0.5) is 16.2 Å². The van der Waals surface area contributed by atoms with E-state index in [1.807, 2.05) is 32.0 Å². The van der Waals surface area contributed by atoms with Gasteiger partial charge in [0.1, 0.15) is 11.7 Å². The molecule has 0 aliphatic rings. The van der Waals surface area contributed by atoms with E-state index in [-0.39, 0.29) is 17.7 Å². The van der Waals surface area contributed by atoms with Crippen molar-refractivity contribution in [2.24, 2.45) is 5.92 Å². The number of hydrogen-bond acceptors (Lipinski definition) is 6. The Hall–Kier alpha value is -4.14. The summed E-state index contributed by atoms with van der Waals surface area (Å²) in [6.07, 6.45) is 0. The van der Waals surface area contributed by atoms with Crippen LogP contribution in [0.25, 0.3) is 11.3 Å².